The second kappa shape index (κ2) is 15.5. The number of nitrogens with zero attached hydrogens (tertiary/aromatic N) is 1. The molecule has 0 unspecified atom stereocenters. The summed E-state index contributed by atoms with van der Waals surface area (Å²) in [7, 11) is 0. The third-order valence-corrected chi connectivity index (χ3v) is 6.00. The van der Waals surface area contributed by atoms with Gasteiger partial charge in [-0.2, -0.15) is 0 Å². The zero-order chi connectivity index (χ0) is 28.1. The van der Waals surface area contributed by atoms with E-state index in [9.17, 15) is 9.59 Å². The molecule has 0 spiro atoms. The molecule has 1 aliphatic heterocycles. The Morgan fingerprint density at radius 1 is 0.868 bits per heavy atom. The molecule has 38 heavy (non-hydrogen) atoms. The van der Waals surface area contributed by atoms with E-state index in [1.54, 1.807) is 6.07 Å². The Kier molecular flexibility index (Phi) is 12.4. The molecule has 1 aliphatic rings. The topological polar surface area (TPSA) is 70.7 Å². The van der Waals surface area contributed by atoms with Crippen molar-refractivity contribution in [3.63, 3.8) is 0 Å². The highest BCUT2D eigenvalue weighted by Gasteiger charge is 2.32. The average molecular weight is 518 g/mol. The molecule has 0 saturated carbocycles. The molecule has 0 radical (unpaired) electrons. The van der Waals surface area contributed by atoms with Crippen molar-refractivity contribution in [3.05, 3.63) is 83.6 Å². The molecule has 204 valence electrons. The SMILES string of the molecule is C=C(CCCN1C(=O)c2cccc3c(NCCNc4ccc(C)cc4)ccc(c23)C1=O)OCC.CC.CC. The molecule has 6 heteroatoms. The van der Waals surface area contributed by atoms with Gasteiger partial charge in [-0.1, -0.05) is 64.1 Å². The molecule has 0 atom stereocenters. The van der Waals surface area contributed by atoms with Crippen molar-refractivity contribution >= 4 is 34.0 Å². The summed E-state index contributed by atoms with van der Waals surface area (Å²) in [6.45, 7) is 18.2. The minimum absolute atomic E-state index is 0.247. The molecule has 3 aromatic carbocycles. The monoisotopic (exact) mass is 517 g/mol. The maximum Gasteiger partial charge on any atom is 0.261 e. The first-order valence-electron chi connectivity index (χ1n) is 13.8. The van der Waals surface area contributed by atoms with Crippen LogP contribution in [0.2, 0.25) is 0 Å². The molecule has 2 N–H and O–H groups in total. The molecule has 0 fully saturated rings. The van der Waals surface area contributed by atoms with Crippen molar-refractivity contribution in [2.24, 2.45) is 0 Å². The summed E-state index contributed by atoms with van der Waals surface area (Å²) in [6, 6.07) is 17.7. The van der Waals surface area contributed by atoms with E-state index >= 15 is 0 Å². The normalized spacial score (nSPS) is 11.7. The van der Waals surface area contributed by atoms with Crippen LogP contribution in [0.5, 0.6) is 0 Å². The fraction of sp³-hybridized carbons (Fsp3) is 0.375. The van der Waals surface area contributed by atoms with Crippen LogP contribution in [0.15, 0.2) is 66.9 Å². The van der Waals surface area contributed by atoms with Gasteiger partial charge in [-0.3, -0.25) is 14.5 Å². The Hall–Kier alpha value is -3.80. The molecular weight excluding hydrogens is 474 g/mol. The number of hydrogen-bond acceptors (Lipinski definition) is 5. The maximum absolute atomic E-state index is 13.2. The van der Waals surface area contributed by atoms with Gasteiger partial charge in [-0.25, -0.2) is 0 Å². The number of benzene rings is 3. The smallest absolute Gasteiger partial charge is 0.261 e. The van der Waals surface area contributed by atoms with Gasteiger partial charge in [0.25, 0.3) is 11.8 Å². The van der Waals surface area contributed by atoms with E-state index in [0.29, 0.717) is 49.4 Å². The van der Waals surface area contributed by atoms with Crippen LogP contribution >= 0.6 is 0 Å². The number of nitrogens with one attached hydrogen (secondary N) is 2. The summed E-state index contributed by atoms with van der Waals surface area (Å²) in [5.74, 6) is 0.182. The predicted molar refractivity (Wildman–Crippen MR) is 160 cm³/mol. The fourth-order valence-corrected chi connectivity index (χ4v) is 4.29. The van der Waals surface area contributed by atoms with E-state index in [-0.39, 0.29) is 11.8 Å². The Morgan fingerprint density at radius 3 is 2.16 bits per heavy atom. The largest absolute Gasteiger partial charge is 0.499 e. The number of hydrogen-bond donors (Lipinski definition) is 2. The molecule has 0 aliphatic carbocycles. The van der Waals surface area contributed by atoms with Crippen LogP contribution in [0.3, 0.4) is 0 Å². The number of imide groups is 1. The highest BCUT2D eigenvalue weighted by molar-refractivity contribution is 6.26. The second-order valence-corrected chi connectivity index (χ2v) is 8.45. The van der Waals surface area contributed by atoms with Crippen molar-refractivity contribution in [3.8, 4) is 0 Å². The number of carbonyl (C=O) groups is 2. The standard InChI is InChI=1S/C28H31N3O3.2C2H6/c1-4-34-20(3)7-6-18-31-27(32)23-9-5-8-22-25(15-14-24(26(22)23)28(31)33)30-17-16-29-21-12-10-19(2)11-13-21;2*1-2/h5,8-15,29-30H,3-4,6-7,16-18H2,1-2H3;2*1-2H3. The molecule has 3 aromatic rings. The first-order valence-corrected chi connectivity index (χ1v) is 13.8. The minimum atomic E-state index is -0.247. The molecular formula is C32H43N3O3. The average Bonchev–Trinajstić information content (AvgIpc) is 2.95. The van der Waals surface area contributed by atoms with Gasteiger partial charge in [-0.15, -0.1) is 0 Å². The van der Waals surface area contributed by atoms with Crippen LogP contribution in [-0.4, -0.2) is 43.0 Å². The van der Waals surface area contributed by atoms with E-state index < -0.39 is 0 Å². The lowest BCUT2D eigenvalue weighted by Crippen LogP contribution is -2.41. The molecule has 6 nitrogen and oxygen atoms in total. The minimum Gasteiger partial charge on any atom is -0.499 e. The van der Waals surface area contributed by atoms with Gasteiger partial charge >= 0.3 is 0 Å². The van der Waals surface area contributed by atoms with Crippen molar-refractivity contribution in [1.29, 1.82) is 0 Å². The van der Waals surface area contributed by atoms with Gasteiger partial charge in [0, 0.05) is 59.3 Å². The quantitative estimate of drug-likeness (QED) is 0.155. The zero-order valence-electron chi connectivity index (χ0n) is 23.8. The van der Waals surface area contributed by atoms with Gasteiger partial charge in [0.2, 0.25) is 0 Å². The van der Waals surface area contributed by atoms with E-state index in [1.165, 1.54) is 10.5 Å². The molecule has 0 aromatic heterocycles. The molecule has 0 bridgehead atoms. The number of carbonyl (C=O) groups excluding carboxylic acids is 2. The van der Waals surface area contributed by atoms with Crippen LogP contribution in [0.4, 0.5) is 11.4 Å². The number of ether oxygens (including phenoxy) is 1. The van der Waals surface area contributed by atoms with Gasteiger partial charge in [0.1, 0.15) is 0 Å². The van der Waals surface area contributed by atoms with Crippen molar-refractivity contribution < 1.29 is 14.3 Å². The lowest BCUT2D eigenvalue weighted by atomic mass is 9.93. The zero-order valence-corrected chi connectivity index (χ0v) is 23.8. The van der Waals surface area contributed by atoms with Crippen LogP contribution in [0.25, 0.3) is 10.8 Å². The third-order valence-electron chi connectivity index (χ3n) is 6.00. The Bertz CT molecular complexity index is 1200. The van der Waals surface area contributed by atoms with E-state index in [0.717, 1.165) is 28.7 Å². The summed E-state index contributed by atoms with van der Waals surface area (Å²) in [5, 5.41) is 8.46. The first kappa shape index (κ1) is 30.4. The fourth-order valence-electron chi connectivity index (χ4n) is 4.29. The third kappa shape index (κ3) is 7.37. The number of aryl methyl sites for hydroxylation is 1. The lowest BCUT2D eigenvalue weighted by molar-refractivity contribution is 0.0606. The highest BCUT2D eigenvalue weighted by Crippen LogP contribution is 2.34. The Labute approximate surface area is 228 Å². The van der Waals surface area contributed by atoms with Crippen molar-refractivity contribution in [2.75, 3.05) is 36.9 Å². The van der Waals surface area contributed by atoms with E-state index in [4.69, 9.17) is 4.74 Å². The highest BCUT2D eigenvalue weighted by atomic mass is 16.5. The second-order valence-electron chi connectivity index (χ2n) is 8.45. The summed E-state index contributed by atoms with van der Waals surface area (Å²) in [6.07, 6.45) is 1.23. The van der Waals surface area contributed by atoms with Gasteiger partial charge in [-0.05, 0) is 50.6 Å². The van der Waals surface area contributed by atoms with Crippen LogP contribution < -0.4 is 10.6 Å². The summed E-state index contributed by atoms with van der Waals surface area (Å²) in [5.41, 5.74) is 4.35. The molecule has 2 amide bonds. The number of amides is 2. The van der Waals surface area contributed by atoms with Crippen LogP contribution in [0.1, 0.15) is 73.7 Å². The van der Waals surface area contributed by atoms with Gasteiger partial charge in [0.05, 0.1) is 12.4 Å². The number of rotatable bonds is 11. The molecule has 0 saturated heterocycles. The molecule has 4 rings (SSSR count). The number of anilines is 2. The van der Waals surface area contributed by atoms with Gasteiger partial charge < -0.3 is 15.4 Å². The van der Waals surface area contributed by atoms with E-state index in [1.807, 2.05) is 58.9 Å². The van der Waals surface area contributed by atoms with Gasteiger partial charge in [0.15, 0.2) is 0 Å². The van der Waals surface area contributed by atoms with Crippen LogP contribution in [-0.2, 0) is 4.74 Å². The number of allylic oxidation sites excluding steroid dienone is 1. The molecule has 1 heterocycles. The maximum atomic E-state index is 13.2. The lowest BCUT2D eigenvalue weighted by Gasteiger charge is -2.28. The summed E-state index contributed by atoms with van der Waals surface area (Å²) >= 11 is 0. The predicted octanol–water partition coefficient (Wildman–Crippen LogP) is 7.65. The summed E-state index contributed by atoms with van der Waals surface area (Å²) < 4.78 is 5.38. The Morgan fingerprint density at radius 2 is 1.50 bits per heavy atom. The summed E-state index contributed by atoms with van der Waals surface area (Å²) in [4.78, 5) is 27.7. The van der Waals surface area contributed by atoms with E-state index in [2.05, 4.69) is 48.4 Å². The van der Waals surface area contributed by atoms with Crippen LogP contribution in [0, 0.1) is 6.92 Å². The first-order chi connectivity index (χ1) is 18.5. The Balaban J connectivity index is 0.00000121. The van der Waals surface area contributed by atoms with Crippen molar-refractivity contribution in [1.82, 2.24) is 4.90 Å². The van der Waals surface area contributed by atoms with Crippen molar-refractivity contribution in [2.45, 2.75) is 54.4 Å².